The van der Waals surface area contributed by atoms with Crippen LogP contribution in [0, 0.1) is 16.3 Å². The molecule has 0 aliphatic carbocycles. The van der Waals surface area contributed by atoms with Crippen LogP contribution in [-0.4, -0.2) is 10.1 Å². The molecule has 0 saturated carbocycles. The molecule has 1 heterocycles. The van der Waals surface area contributed by atoms with Gasteiger partial charge in [-0.1, -0.05) is 6.07 Å². The van der Waals surface area contributed by atoms with Crippen LogP contribution in [0.25, 0.3) is 0 Å². The molecule has 1 atom stereocenters. The highest BCUT2D eigenvalue weighted by Crippen LogP contribution is 2.27. The van der Waals surface area contributed by atoms with E-state index in [1.165, 1.54) is 12.1 Å². The number of hydrogen-bond acceptors (Lipinski definition) is 2. The summed E-state index contributed by atoms with van der Waals surface area (Å²) in [6.45, 7) is 1.91. The fourth-order valence-corrected chi connectivity index (χ4v) is 2.43. The van der Waals surface area contributed by atoms with E-state index in [-0.39, 0.29) is 5.82 Å². The van der Waals surface area contributed by atoms with E-state index >= 15 is 0 Å². The van der Waals surface area contributed by atoms with Crippen molar-refractivity contribution in [1.29, 1.82) is 0 Å². The number of halogens is 2. The SMILES string of the molecule is Cc1ccncc1C(O)c1ccc(F)cc1I. The van der Waals surface area contributed by atoms with E-state index in [4.69, 9.17) is 0 Å². The van der Waals surface area contributed by atoms with Crippen LogP contribution in [0.4, 0.5) is 4.39 Å². The third kappa shape index (κ3) is 2.63. The lowest BCUT2D eigenvalue weighted by atomic mass is 10.00. The highest BCUT2D eigenvalue weighted by atomic mass is 127. The van der Waals surface area contributed by atoms with Gasteiger partial charge in [0, 0.05) is 21.5 Å². The van der Waals surface area contributed by atoms with Crippen molar-refractivity contribution in [3.63, 3.8) is 0 Å². The lowest BCUT2D eigenvalue weighted by Crippen LogP contribution is -2.04. The third-order valence-corrected chi connectivity index (χ3v) is 3.57. The Morgan fingerprint density at radius 3 is 2.71 bits per heavy atom. The summed E-state index contributed by atoms with van der Waals surface area (Å²) < 4.78 is 13.7. The molecule has 0 fully saturated rings. The minimum atomic E-state index is -0.767. The van der Waals surface area contributed by atoms with Gasteiger partial charge in [-0.15, -0.1) is 0 Å². The molecule has 0 radical (unpaired) electrons. The number of pyridine rings is 1. The molecule has 0 saturated heterocycles. The average Bonchev–Trinajstić information content (AvgIpc) is 2.29. The molecule has 0 amide bonds. The van der Waals surface area contributed by atoms with Crippen molar-refractivity contribution in [2.24, 2.45) is 0 Å². The van der Waals surface area contributed by atoms with Crippen LogP contribution in [0.2, 0.25) is 0 Å². The Morgan fingerprint density at radius 2 is 2.06 bits per heavy atom. The van der Waals surface area contributed by atoms with E-state index in [1.807, 2.05) is 35.6 Å². The van der Waals surface area contributed by atoms with Gasteiger partial charge in [-0.05, 0) is 58.8 Å². The number of aromatic nitrogens is 1. The molecule has 2 aromatic rings. The van der Waals surface area contributed by atoms with E-state index in [0.29, 0.717) is 9.13 Å². The molecular weight excluding hydrogens is 332 g/mol. The summed E-state index contributed by atoms with van der Waals surface area (Å²) in [5.41, 5.74) is 2.41. The highest BCUT2D eigenvalue weighted by Gasteiger charge is 2.16. The Bertz CT molecular complexity index is 545. The van der Waals surface area contributed by atoms with E-state index in [1.54, 1.807) is 18.5 Å². The second kappa shape index (κ2) is 5.10. The summed E-state index contributed by atoms with van der Waals surface area (Å²) in [6, 6.07) is 6.21. The predicted octanol–water partition coefficient (Wildman–Crippen LogP) is 3.22. The maximum atomic E-state index is 13.0. The topological polar surface area (TPSA) is 33.1 Å². The van der Waals surface area contributed by atoms with E-state index < -0.39 is 6.10 Å². The average molecular weight is 343 g/mol. The van der Waals surface area contributed by atoms with Crippen molar-refractivity contribution in [2.75, 3.05) is 0 Å². The number of rotatable bonds is 2. The molecule has 2 rings (SSSR count). The quantitative estimate of drug-likeness (QED) is 0.850. The summed E-state index contributed by atoms with van der Waals surface area (Å²) >= 11 is 2.02. The number of aryl methyl sites for hydroxylation is 1. The molecule has 1 aromatic heterocycles. The molecule has 1 aromatic carbocycles. The minimum Gasteiger partial charge on any atom is -0.384 e. The predicted molar refractivity (Wildman–Crippen MR) is 72.2 cm³/mol. The molecule has 0 aliphatic heterocycles. The molecule has 0 bridgehead atoms. The van der Waals surface area contributed by atoms with Crippen LogP contribution in [0.5, 0.6) is 0 Å². The lowest BCUT2D eigenvalue weighted by molar-refractivity contribution is 0.218. The van der Waals surface area contributed by atoms with E-state index in [0.717, 1.165) is 11.1 Å². The Morgan fingerprint density at radius 1 is 1.29 bits per heavy atom. The van der Waals surface area contributed by atoms with Crippen molar-refractivity contribution in [2.45, 2.75) is 13.0 Å². The van der Waals surface area contributed by atoms with Gasteiger partial charge in [0.25, 0.3) is 0 Å². The summed E-state index contributed by atoms with van der Waals surface area (Å²) in [7, 11) is 0. The zero-order valence-electron chi connectivity index (χ0n) is 9.19. The number of benzene rings is 1. The van der Waals surface area contributed by atoms with Gasteiger partial charge in [0.15, 0.2) is 0 Å². The number of hydrogen-bond donors (Lipinski definition) is 1. The van der Waals surface area contributed by atoms with Gasteiger partial charge in [-0.25, -0.2) is 4.39 Å². The fraction of sp³-hybridized carbons (Fsp3) is 0.154. The molecule has 0 aliphatic rings. The largest absolute Gasteiger partial charge is 0.384 e. The van der Waals surface area contributed by atoms with Gasteiger partial charge in [0.1, 0.15) is 11.9 Å². The van der Waals surface area contributed by atoms with Gasteiger partial charge in [-0.3, -0.25) is 4.98 Å². The maximum absolute atomic E-state index is 13.0. The monoisotopic (exact) mass is 343 g/mol. The van der Waals surface area contributed by atoms with Gasteiger partial charge in [0.05, 0.1) is 0 Å². The standard InChI is InChI=1S/C13H11FINO/c1-8-4-5-16-7-11(8)13(17)10-3-2-9(14)6-12(10)15/h2-7,13,17H,1H3. The first kappa shape index (κ1) is 12.4. The molecule has 88 valence electrons. The number of aliphatic hydroxyl groups excluding tert-OH is 1. The Labute approximate surface area is 113 Å². The van der Waals surface area contributed by atoms with Gasteiger partial charge < -0.3 is 5.11 Å². The smallest absolute Gasteiger partial charge is 0.124 e. The van der Waals surface area contributed by atoms with Crippen molar-refractivity contribution in [1.82, 2.24) is 4.98 Å². The fourth-order valence-electron chi connectivity index (χ4n) is 1.65. The second-order valence-corrected chi connectivity index (χ2v) is 4.96. The molecule has 2 nitrogen and oxygen atoms in total. The molecular formula is C13H11FINO. The summed E-state index contributed by atoms with van der Waals surface area (Å²) in [4.78, 5) is 4.00. The molecule has 17 heavy (non-hydrogen) atoms. The van der Waals surface area contributed by atoms with Crippen LogP contribution in [0.1, 0.15) is 22.8 Å². The Kier molecular flexibility index (Phi) is 3.73. The van der Waals surface area contributed by atoms with Crippen molar-refractivity contribution in [3.8, 4) is 0 Å². The van der Waals surface area contributed by atoms with Crippen LogP contribution < -0.4 is 0 Å². The molecule has 1 unspecified atom stereocenters. The van der Waals surface area contributed by atoms with E-state index in [2.05, 4.69) is 4.98 Å². The number of aliphatic hydroxyl groups is 1. The first-order valence-corrected chi connectivity index (χ1v) is 6.21. The summed E-state index contributed by atoms with van der Waals surface area (Å²) in [5, 5.41) is 10.3. The van der Waals surface area contributed by atoms with Crippen LogP contribution in [0.15, 0.2) is 36.7 Å². The Balaban J connectivity index is 2.44. The number of nitrogens with zero attached hydrogens (tertiary/aromatic N) is 1. The van der Waals surface area contributed by atoms with Gasteiger partial charge in [0.2, 0.25) is 0 Å². The van der Waals surface area contributed by atoms with Crippen LogP contribution in [0.3, 0.4) is 0 Å². The zero-order chi connectivity index (χ0) is 12.4. The second-order valence-electron chi connectivity index (χ2n) is 3.80. The van der Waals surface area contributed by atoms with Gasteiger partial charge in [-0.2, -0.15) is 0 Å². The first-order chi connectivity index (χ1) is 8.09. The highest BCUT2D eigenvalue weighted by molar-refractivity contribution is 14.1. The van der Waals surface area contributed by atoms with Crippen LogP contribution >= 0.6 is 22.6 Å². The molecule has 4 heteroatoms. The molecule has 1 N–H and O–H groups in total. The third-order valence-electron chi connectivity index (χ3n) is 2.63. The Hall–Kier alpha value is -1.01. The lowest BCUT2D eigenvalue weighted by Gasteiger charge is -2.15. The van der Waals surface area contributed by atoms with Crippen LogP contribution in [-0.2, 0) is 0 Å². The van der Waals surface area contributed by atoms with Crippen molar-refractivity contribution < 1.29 is 9.50 Å². The maximum Gasteiger partial charge on any atom is 0.124 e. The van der Waals surface area contributed by atoms with Crippen molar-refractivity contribution >= 4 is 22.6 Å². The zero-order valence-corrected chi connectivity index (χ0v) is 11.3. The molecule has 0 spiro atoms. The summed E-state index contributed by atoms with van der Waals surface area (Å²) in [6.07, 6.45) is 2.55. The summed E-state index contributed by atoms with van der Waals surface area (Å²) in [5.74, 6) is -0.298. The van der Waals surface area contributed by atoms with Gasteiger partial charge >= 0.3 is 0 Å². The normalized spacial score (nSPS) is 12.5. The first-order valence-electron chi connectivity index (χ1n) is 5.13. The minimum absolute atomic E-state index is 0.298. The van der Waals surface area contributed by atoms with Crippen molar-refractivity contribution in [3.05, 3.63) is 62.7 Å². The van der Waals surface area contributed by atoms with E-state index in [9.17, 15) is 9.50 Å².